The molecule has 1 N–H and O–H groups in total. The molecule has 1 amide bonds. The second kappa shape index (κ2) is 6.87. The number of hydrogen-bond donors (Lipinski definition) is 1. The van der Waals surface area contributed by atoms with Crippen molar-refractivity contribution in [3.05, 3.63) is 35.9 Å². The summed E-state index contributed by atoms with van der Waals surface area (Å²) in [4.78, 5) is 29.7. The van der Waals surface area contributed by atoms with E-state index in [-0.39, 0.29) is 11.4 Å². The fraction of sp³-hybridized carbons (Fsp3) is 0.632. The monoisotopic (exact) mass is 356 g/mol. The van der Waals surface area contributed by atoms with Gasteiger partial charge in [0.15, 0.2) is 0 Å². The first-order valence-electron chi connectivity index (χ1n) is 9.73. The van der Waals surface area contributed by atoms with Crippen molar-refractivity contribution in [2.45, 2.75) is 58.2 Å². The molecule has 4 heterocycles. The molecule has 1 spiro atoms. The molecule has 2 aromatic rings. The molecule has 26 heavy (non-hydrogen) atoms. The third-order valence-corrected chi connectivity index (χ3v) is 6.06. The molecule has 0 atom stereocenters. The van der Waals surface area contributed by atoms with Crippen LogP contribution in [0.4, 0.5) is 0 Å². The SMILES string of the molecule is CCC(=O)N1CCc2[nH]cnc2C12CCN(Cc1nccn1CC)CC2. The number of nitrogens with one attached hydrogen (secondary N) is 1. The van der Waals surface area contributed by atoms with Gasteiger partial charge in [-0.15, -0.1) is 0 Å². The predicted octanol–water partition coefficient (Wildman–Crippen LogP) is 1.91. The molecule has 2 aliphatic rings. The minimum atomic E-state index is -0.239. The van der Waals surface area contributed by atoms with E-state index in [2.05, 4.69) is 36.2 Å². The van der Waals surface area contributed by atoms with Crippen LogP contribution in [-0.4, -0.2) is 54.9 Å². The van der Waals surface area contributed by atoms with Crippen molar-refractivity contribution < 1.29 is 4.79 Å². The predicted molar refractivity (Wildman–Crippen MR) is 98.4 cm³/mol. The first-order valence-corrected chi connectivity index (χ1v) is 9.73. The number of piperidine rings is 1. The first kappa shape index (κ1) is 17.3. The first-order chi connectivity index (χ1) is 12.7. The molecule has 0 bridgehead atoms. The zero-order valence-electron chi connectivity index (χ0n) is 15.7. The number of H-pyrrole nitrogens is 1. The third kappa shape index (κ3) is 2.74. The van der Waals surface area contributed by atoms with E-state index in [4.69, 9.17) is 0 Å². The van der Waals surface area contributed by atoms with Gasteiger partial charge in [0.1, 0.15) is 5.82 Å². The van der Waals surface area contributed by atoms with Crippen LogP contribution in [0.25, 0.3) is 0 Å². The highest BCUT2D eigenvalue weighted by Gasteiger charge is 2.48. The van der Waals surface area contributed by atoms with E-state index in [9.17, 15) is 4.79 Å². The molecular weight excluding hydrogens is 328 g/mol. The molecule has 0 aromatic carbocycles. The summed E-state index contributed by atoms with van der Waals surface area (Å²) in [5, 5.41) is 0. The van der Waals surface area contributed by atoms with E-state index in [1.165, 1.54) is 5.69 Å². The number of likely N-dealkylation sites (tertiary alicyclic amines) is 1. The topological polar surface area (TPSA) is 70.1 Å². The number of aromatic nitrogens is 4. The van der Waals surface area contributed by atoms with Crippen molar-refractivity contribution in [2.24, 2.45) is 0 Å². The largest absolute Gasteiger partial charge is 0.348 e. The van der Waals surface area contributed by atoms with Gasteiger partial charge in [0.25, 0.3) is 0 Å². The molecule has 0 aliphatic carbocycles. The Bertz CT molecular complexity index is 771. The van der Waals surface area contributed by atoms with E-state index in [1.54, 1.807) is 6.33 Å². The van der Waals surface area contributed by atoms with Gasteiger partial charge in [-0.05, 0) is 19.8 Å². The fourth-order valence-corrected chi connectivity index (χ4v) is 4.60. The maximum Gasteiger partial charge on any atom is 0.223 e. The minimum absolute atomic E-state index is 0.239. The highest BCUT2D eigenvalue weighted by molar-refractivity contribution is 5.77. The van der Waals surface area contributed by atoms with Crippen molar-refractivity contribution >= 4 is 5.91 Å². The average molecular weight is 356 g/mol. The lowest BCUT2D eigenvalue weighted by atomic mass is 9.78. The van der Waals surface area contributed by atoms with Crippen molar-refractivity contribution in [3.63, 3.8) is 0 Å². The van der Waals surface area contributed by atoms with Crippen LogP contribution in [0.15, 0.2) is 18.7 Å². The number of fused-ring (bicyclic) bond motifs is 2. The summed E-state index contributed by atoms with van der Waals surface area (Å²) in [5.74, 6) is 1.36. The van der Waals surface area contributed by atoms with Gasteiger partial charge in [0.05, 0.1) is 24.1 Å². The second-order valence-corrected chi connectivity index (χ2v) is 7.32. The molecule has 7 nitrogen and oxygen atoms in total. The lowest BCUT2D eigenvalue weighted by Gasteiger charge is -2.50. The van der Waals surface area contributed by atoms with Gasteiger partial charge in [-0.3, -0.25) is 9.69 Å². The maximum absolute atomic E-state index is 12.7. The number of aromatic amines is 1. The number of carbonyl (C=O) groups excluding carboxylic acids is 1. The Morgan fingerprint density at radius 2 is 2.04 bits per heavy atom. The Morgan fingerprint density at radius 1 is 1.23 bits per heavy atom. The maximum atomic E-state index is 12.7. The van der Waals surface area contributed by atoms with Gasteiger partial charge >= 0.3 is 0 Å². The Balaban J connectivity index is 1.54. The Morgan fingerprint density at radius 3 is 2.77 bits per heavy atom. The number of hydrogen-bond acceptors (Lipinski definition) is 4. The van der Waals surface area contributed by atoms with Crippen LogP contribution < -0.4 is 0 Å². The van der Waals surface area contributed by atoms with E-state index in [1.807, 2.05) is 19.3 Å². The molecule has 140 valence electrons. The molecular formula is C19H28N6O. The molecule has 0 radical (unpaired) electrons. The van der Waals surface area contributed by atoms with Gasteiger partial charge in [-0.1, -0.05) is 6.92 Å². The van der Waals surface area contributed by atoms with Gasteiger partial charge in [0, 0.05) is 57.1 Å². The number of carbonyl (C=O) groups is 1. The lowest BCUT2D eigenvalue weighted by Crippen LogP contribution is -2.58. The fourth-order valence-electron chi connectivity index (χ4n) is 4.60. The number of rotatable bonds is 4. The standard InChI is InChI=1S/C19H28N6O/c1-3-17(26)25-9-5-15-18(22-14-21-15)19(25)6-10-23(11-7-19)13-16-20-8-12-24(16)4-2/h8,12,14H,3-7,9-11,13H2,1-2H3,(H,21,22). The minimum Gasteiger partial charge on any atom is -0.348 e. The van der Waals surface area contributed by atoms with Crippen LogP contribution in [0, 0.1) is 0 Å². The van der Waals surface area contributed by atoms with Gasteiger partial charge in [-0.2, -0.15) is 0 Å². The summed E-state index contributed by atoms with van der Waals surface area (Å²) in [6.07, 6.45) is 9.01. The smallest absolute Gasteiger partial charge is 0.223 e. The molecule has 2 aromatic heterocycles. The molecule has 2 aliphatic heterocycles. The van der Waals surface area contributed by atoms with Crippen LogP contribution in [0.5, 0.6) is 0 Å². The number of amides is 1. The van der Waals surface area contributed by atoms with Crippen molar-refractivity contribution in [2.75, 3.05) is 19.6 Å². The zero-order valence-corrected chi connectivity index (χ0v) is 15.7. The molecule has 0 saturated carbocycles. The highest BCUT2D eigenvalue weighted by Crippen LogP contribution is 2.42. The van der Waals surface area contributed by atoms with Crippen molar-refractivity contribution in [1.82, 2.24) is 29.3 Å². The quantitative estimate of drug-likeness (QED) is 0.908. The summed E-state index contributed by atoms with van der Waals surface area (Å²) in [5.41, 5.74) is 2.07. The van der Waals surface area contributed by atoms with Gasteiger partial charge in [0.2, 0.25) is 5.91 Å². The van der Waals surface area contributed by atoms with Gasteiger partial charge < -0.3 is 14.5 Å². The Labute approximate surface area is 154 Å². The average Bonchev–Trinajstić information content (AvgIpc) is 3.32. The molecule has 1 saturated heterocycles. The van der Waals surface area contributed by atoms with E-state index in [0.717, 1.165) is 63.5 Å². The van der Waals surface area contributed by atoms with Crippen LogP contribution in [-0.2, 0) is 29.8 Å². The molecule has 4 rings (SSSR count). The van der Waals surface area contributed by atoms with Crippen LogP contribution in [0.1, 0.15) is 50.3 Å². The summed E-state index contributed by atoms with van der Waals surface area (Å²) < 4.78 is 2.20. The van der Waals surface area contributed by atoms with Gasteiger partial charge in [-0.25, -0.2) is 9.97 Å². The molecule has 7 heteroatoms. The number of nitrogens with zero attached hydrogens (tertiary/aromatic N) is 5. The van der Waals surface area contributed by atoms with Crippen LogP contribution >= 0.6 is 0 Å². The zero-order chi connectivity index (χ0) is 18.1. The normalized spacial score (nSPS) is 19.7. The van der Waals surface area contributed by atoms with E-state index >= 15 is 0 Å². The van der Waals surface area contributed by atoms with Crippen LogP contribution in [0.3, 0.4) is 0 Å². The Hall–Kier alpha value is -2.15. The molecule has 1 fully saturated rings. The summed E-state index contributed by atoms with van der Waals surface area (Å²) in [7, 11) is 0. The van der Waals surface area contributed by atoms with Crippen molar-refractivity contribution in [3.8, 4) is 0 Å². The summed E-state index contributed by atoms with van der Waals surface area (Å²) >= 11 is 0. The number of aryl methyl sites for hydroxylation is 1. The summed E-state index contributed by atoms with van der Waals surface area (Å²) in [6.45, 7) is 8.62. The summed E-state index contributed by atoms with van der Waals surface area (Å²) in [6, 6.07) is 0. The number of imidazole rings is 2. The van der Waals surface area contributed by atoms with Crippen molar-refractivity contribution in [1.29, 1.82) is 0 Å². The Kier molecular flexibility index (Phi) is 4.56. The lowest BCUT2D eigenvalue weighted by molar-refractivity contribution is -0.141. The highest BCUT2D eigenvalue weighted by atomic mass is 16.2. The van der Waals surface area contributed by atoms with E-state index < -0.39 is 0 Å². The molecule has 0 unspecified atom stereocenters. The van der Waals surface area contributed by atoms with Crippen LogP contribution in [0.2, 0.25) is 0 Å². The third-order valence-electron chi connectivity index (χ3n) is 6.06. The second-order valence-electron chi connectivity index (χ2n) is 7.32. The van der Waals surface area contributed by atoms with E-state index in [0.29, 0.717) is 6.42 Å².